The molecule has 1 aliphatic heterocycles. The van der Waals surface area contributed by atoms with E-state index in [2.05, 4.69) is 18.8 Å². The molecule has 6 nitrogen and oxygen atoms in total. The van der Waals surface area contributed by atoms with Gasteiger partial charge in [-0.2, -0.15) is 5.26 Å². The minimum absolute atomic E-state index is 0.0167. The van der Waals surface area contributed by atoms with Crippen molar-refractivity contribution in [1.82, 2.24) is 9.88 Å². The first-order valence-electron chi connectivity index (χ1n) is 8.58. The van der Waals surface area contributed by atoms with Gasteiger partial charge in [-0.3, -0.25) is 4.79 Å². The molecule has 26 heavy (non-hydrogen) atoms. The molecule has 3 rings (SSSR count). The largest absolute Gasteiger partial charge is 0.484 e. The molecule has 1 saturated heterocycles. The van der Waals surface area contributed by atoms with Crippen LogP contribution in [0.5, 0.6) is 11.6 Å². The van der Waals surface area contributed by atoms with E-state index in [4.69, 9.17) is 14.7 Å². The Balaban J connectivity index is 1.41. The van der Waals surface area contributed by atoms with E-state index in [-0.39, 0.29) is 18.6 Å². The Hall–Kier alpha value is -3.07. The van der Waals surface area contributed by atoms with Gasteiger partial charge in [0.05, 0.1) is 18.7 Å². The number of carbonyl (C=O) groups is 1. The maximum Gasteiger partial charge on any atom is 0.260 e. The van der Waals surface area contributed by atoms with E-state index < -0.39 is 0 Å². The first-order chi connectivity index (χ1) is 12.5. The van der Waals surface area contributed by atoms with Crippen LogP contribution in [0.1, 0.15) is 30.9 Å². The lowest BCUT2D eigenvalue weighted by Gasteiger charge is -2.38. The molecule has 0 spiro atoms. The summed E-state index contributed by atoms with van der Waals surface area (Å²) in [4.78, 5) is 17.9. The number of hydrogen-bond donors (Lipinski definition) is 0. The van der Waals surface area contributed by atoms with Gasteiger partial charge < -0.3 is 14.4 Å². The summed E-state index contributed by atoms with van der Waals surface area (Å²) < 4.78 is 11.2. The van der Waals surface area contributed by atoms with Gasteiger partial charge in [-0.25, -0.2) is 4.98 Å². The zero-order chi connectivity index (χ0) is 18.5. The quantitative estimate of drug-likeness (QED) is 0.800. The number of aromatic nitrogens is 1. The first-order valence-corrected chi connectivity index (χ1v) is 8.58. The van der Waals surface area contributed by atoms with E-state index in [1.165, 1.54) is 11.8 Å². The van der Waals surface area contributed by atoms with Gasteiger partial charge in [-0.05, 0) is 29.7 Å². The second-order valence-corrected chi connectivity index (χ2v) is 6.55. The van der Waals surface area contributed by atoms with Crippen LogP contribution in [-0.2, 0) is 4.79 Å². The van der Waals surface area contributed by atoms with Gasteiger partial charge in [0, 0.05) is 12.3 Å². The molecule has 1 aromatic heterocycles. The third-order valence-electron chi connectivity index (χ3n) is 4.26. The number of rotatable bonds is 6. The SMILES string of the molecule is CC(C)c1ccc(OCC(=O)N2CC(Oc3ccc(C#N)cn3)C2)cc1. The average molecular weight is 351 g/mol. The predicted molar refractivity (Wildman–Crippen MR) is 96.0 cm³/mol. The van der Waals surface area contributed by atoms with Gasteiger partial charge in [-0.15, -0.1) is 0 Å². The zero-order valence-electron chi connectivity index (χ0n) is 14.9. The monoisotopic (exact) mass is 351 g/mol. The number of amides is 1. The van der Waals surface area contributed by atoms with Gasteiger partial charge in [0.15, 0.2) is 6.61 Å². The fourth-order valence-corrected chi connectivity index (χ4v) is 2.59. The second kappa shape index (κ2) is 7.87. The molecule has 0 aliphatic carbocycles. The summed E-state index contributed by atoms with van der Waals surface area (Å²) in [6, 6.07) is 13.1. The van der Waals surface area contributed by atoms with Crippen LogP contribution >= 0.6 is 0 Å². The van der Waals surface area contributed by atoms with Crippen molar-refractivity contribution in [3.8, 4) is 17.7 Å². The third-order valence-corrected chi connectivity index (χ3v) is 4.26. The molecule has 2 aromatic rings. The number of carbonyl (C=O) groups excluding carboxylic acids is 1. The fourth-order valence-electron chi connectivity index (χ4n) is 2.59. The first kappa shape index (κ1) is 17.7. The zero-order valence-corrected chi connectivity index (χ0v) is 14.9. The molecule has 0 atom stereocenters. The molecular weight excluding hydrogens is 330 g/mol. The van der Waals surface area contributed by atoms with Gasteiger partial charge in [0.2, 0.25) is 5.88 Å². The van der Waals surface area contributed by atoms with Crippen molar-refractivity contribution in [2.75, 3.05) is 19.7 Å². The minimum Gasteiger partial charge on any atom is -0.484 e. The standard InChI is InChI=1S/C20H21N3O3/c1-14(2)16-4-6-17(7-5-16)25-13-20(24)23-11-18(12-23)26-19-8-3-15(9-21)10-22-19/h3-8,10,14,18H,11-13H2,1-2H3. The molecule has 1 aromatic carbocycles. The van der Waals surface area contributed by atoms with Crippen LogP contribution in [0.15, 0.2) is 42.6 Å². The highest BCUT2D eigenvalue weighted by molar-refractivity contribution is 5.78. The van der Waals surface area contributed by atoms with E-state index in [0.717, 1.165) is 0 Å². The Kier molecular flexibility index (Phi) is 5.37. The number of likely N-dealkylation sites (tertiary alicyclic amines) is 1. The lowest BCUT2D eigenvalue weighted by atomic mass is 10.0. The molecule has 6 heteroatoms. The molecular formula is C20H21N3O3. The minimum atomic E-state index is -0.0790. The van der Waals surface area contributed by atoms with Crippen molar-refractivity contribution in [1.29, 1.82) is 5.26 Å². The molecule has 2 heterocycles. The number of ether oxygens (including phenoxy) is 2. The van der Waals surface area contributed by atoms with Crippen LogP contribution in [0.4, 0.5) is 0 Å². The number of nitrogens with zero attached hydrogens (tertiary/aromatic N) is 3. The summed E-state index contributed by atoms with van der Waals surface area (Å²) in [6.45, 7) is 5.31. The topological polar surface area (TPSA) is 75.4 Å². The lowest BCUT2D eigenvalue weighted by molar-refractivity contribution is -0.142. The maximum absolute atomic E-state index is 12.1. The Morgan fingerprint density at radius 3 is 2.58 bits per heavy atom. The lowest BCUT2D eigenvalue weighted by Crippen LogP contribution is -2.57. The Morgan fingerprint density at radius 1 is 1.27 bits per heavy atom. The van der Waals surface area contributed by atoms with E-state index >= 15 is 0 Å². The normalized spacial score (nSPS) is 13.8. The van der Waals surface area contributed by atoms with Gasteiger partial charge >= 0.3 is 0 Å². The number of hydrogen-bond acceptors (Lipinski definition) is 5. The summed E-state index contributed by atoms with van der Waals surface area (Å²) in [5.74, 6) is 1.56. The summed E-state index contributed by atoms with van der Waals surface area (Å²) in [5, 5.41) is 8.75. The van der Waals surface area contributed by atoms with Crippen LogP contribution in [0.25, 0.3) is 0 Å². The number of benzene rings is 1. The highest BCUT2D eigenvalue weighted by atomic mass is 16.5. The van der Waals surface area contributed by atoms with Crippen molar-refractivity contribution in [3.63, 3.8) is 0 Å². The average Bonchev–Trinajstić information content (AvgIpc) is 2.63. The predicted octanol–water partition coefficient (Wildman–Crippen LogP) is 2.75. The van der Waals surface area contributed by atoms with Crippen LogP contribution < -0.4 is 9.47 Å². The molecule has 0 radical (unpaired) electrons. The third kappa shape index (κ3) is 4.31. The van der Waals surface area contributed by atoms with Crippen LogP contribution in [0, 0.1) is 11.3 Å². The van der Waals surface area contributed by atoms with E-state index in [9.17, 15) is 4.79 Å². The molecule has 134 valence electrons. The Morgan fingerprint density at radius 2 is 2.00 bits per heavy atom. The summed E-state index contributed by atoms with van der Waals surface area (Å²) in [5.41, 5.74) is 1.73. The second-order valence-electron chi connectivity index (χ2n) is 6.55. The summed E-state index contributed by atoms with van der Waals surface area (Å²) >= 11 is 0. The van der Waals surface area contributed by atoms with E-state index in [1.807, 2.05) is 30.3 Å². The number of pyridine rings is 1. The van der Waals surface area contributed by atoms with Crippen molar-refractivity contribution in [2.24, 2.45) is 0 Å². The van der Waals surface area contributed by atoms with Crippen LogP contribution in [0.2, 0.25) is 0 Å². The molecule has 0 bridgehead atoms. The van der Waals surface area contributed by atoms with Crippen molar-refractivity contribution in [2.45, 2.75) is 25.9 Å². The van der Waals surface area contributed by atoms with Crippen molar-refractivity contribution < 1.29 is 14.3 Å². The Labute approximate surface area is 153 Å². The summed E-state index contributed by atoms with van der Waals surface area (Å²) in [7, 11) is 0. The smallest absolute Gasteiger partial charge is 0.260 e. The summed E-state index contributed by atoms with van der Waals surface area (Å²) in [6.07, 6.45) is 1.39. The van der Waals surface area contributed by atoms with Crippen molar-refractivity contribution in [3.05, 3.63) is 53.7 Å². The molecule has 0 N–H and O–H groups in total. The van der Waals surface area contributed by atoms with Gasteiger partial charge in [0.1, 0.15) is 17.9 Å². The van der Waals surface area contributed by atoms with Crippen molar-refractivity contribution >= 4 is 5.91 Å². The van der Waals surface area contributed by atoms with Gasteiger partial charge in [-0.1, -0.05) is 26.0 Å². The van der Waals surface area contributed by atoms with Crippen LogP contribution in [0.3, 0.4) is 0 Å². The Bertz CT molecular complexity index is 789. The molecule has 1 fully saturated rings. The number of nitriles is 1. The molecule has 1 aliphatic rings. The molecule has 0 saturated carbocycles. The molecule has 0 unspecified atom stereocenters. The van der Waals surface area contributed by atoms with E-state index in [1.54, 1.807) is 17.0 Å². The highest BCUT2D eigenvalue weighted by Gasteiger charge is 2.32. The van der Waals surface area contributed by atoms with Gasteiger partial charge in [0.25, 0.3) is 5.91 Å². The van der Waals surface area contributed by atoms with Crippen LogP contribution in [-0.4, -0.2) is 41.6 Å². The van der Waals surface area contributed by atoms with E-state index in [0.29, 0.717) is 36.2 Å². The highest BCUT2D eigenvalue weighted by Crippen LogP contribution is 2.20. The fraction of sp³-hybridized carbons (Fsp3) is 0.350. The maximum atomic E-state index is 12.1. The molecule has 1 amide bonds.